The first-order valence-corrected chi connectivity index (χ1v) is 10.6. The second-order valence-corrected chi connectivity index (χ2v) is 7.50. The standard InChI is InChI=1S/C22H24N4O2S/c1-2-4-19(5-3-1)21-17-29-22(24-21)25-23-16-18-6-8-20(9-7-18)28-15-12-26-10-13-27-14-11-26/h1-9,16-17H,10-15H2,(H,24,25). The van der Waals surface area contributed by atoms with Gasteiger partial charge >= 0.3 is 0 Å². The second-order valence-electron chi connectivity index (χ2n) is 6.65. The number of hydrazone groups is 1. The zero-order chi connectivity index (χ0) is 19.7. The van der Waals surface area contributed by atoms with Crippen LogP contribution >= 0.6 is 11.3 Å². The fraction of sp³-hybridized carbons (Fsp3) is 0.273. The van der Waals surface area contributed by atoms with Crippen LogP contribution in [0.15, 0.2) is 65.1 Å². The molecule has 1 saturated heterocycles. The van der Waals surface area contributed by atoms with E-state index >= 15 is 0 Å². The Balaban J connectivity index is 1.23. The molecule has 0 saturated carbocycles. The number of ether oxygens (including phenoxy) is 2. The number of nitrogens with zero attached hydrogens (tertiary/aromatic N) is 3. The molecule has 0 atom stereocenters. The molecule has 4 rings (SSSR count). The second kappa shape index (κ2) is 10.2. The van der Waals surface area contributed by atoms with Gasteiger partial charge in [-0.3, -0.25) is 10.3 Å². The third kappa shape index (κ3) is 5.87. The van der Waals surface area contributed by atoms with Gasteiger partial charge in [-0.05, 0) is 29.8 Å². The highest BCUT2D eigenvalue weighted by Gasteiger charge is 2.09. The molecule has 7 heteroatoms. The fourth-order valence-electron chi connectivity index (χ4n) is 3.00. The number of thiazole rings is 1. The molecule has 1 aromatic heterocycles. The van der Waals surface area contributed by atoms with E-state index in [-0.39, 0.29) is 0 Å². The van der Waals surface area contributed by atoms with Crippen molar-refractivity contribution < 1.29 is 9.47 Å². The predicted octanol–water partition coefficient (Wildman–Crippen LogP) is 3.97. The SMILES string of the molecule is C(=NNc1nc(-c2ccccc2)cs1)c1ccc(OCCN2CCOCC2)cc1. The molecule has 6 nitrogen and oxygen atoms in total. The summed E-state index contributed by atoms with van der Waals surface area (Å²) in [5.41, 5.74) is 6.05. The van der Waals surface area contributed by atoms with Gasteiger partial charge in [0.1, 0.15) is 12.4 Å². The number of morpholine rings is 1. The average Bonchev–Trinajstić information content (AvgIpc) is 3.25. The summed E-state index contributed by atoms with van der Waals surface area (Å²) in [6.07, 6.45) is 1.78. The van der Waals surface area contributed by atoms with Crippen molar-refractivity contribution in [3.05, 3.63) is 65.5 Å². The number of nitrogens with one attached hydrogen (secondary N) is 1. The van der Waals surface area contributed by atoms with Crippen LogP contribution in [-0.4, -0.2) is 55.6 Å². The summed E-state index contributed by atoms with van der Waals surface area (Å²) < 4.78 is 11.2. The molecule has 1 aliphatic rings. The Kier molecular flexibility index (Phi) is 6.85. The van der Waals surface area contributed by atoms with Gasteiger partial charge in [0.25, 0.3) is 0 Å². The van der Waals surface area contributed by atoms with E-state index in [1.807, 2.05) is 60.0 Å². The molecule has 0 aliphatic carbocycles. The van der Waals surface area contributed by atoms with Crippen LogP contribution < -0.4 is 10.2 Å². The molecule has 0 bridgehead atoms. The lowest BCUT2D eigenvalue weighted by molar-refractivity contribution is 0.0322. The van der Waals surface area contributed by atoms with E-state index in [0.717, 1.165) is 60.5 Å². The van der Waals surface area contributed by atoms with Gasteiger partial charge in [-0.25, -0.2) is 4.98 Å². The lowest BCUT2D eigenvalue weighted by Gasteiger charge is -2.26. The van der Waals surface area contributed by atoms with Gasteiger partial charge in [0.15, 0.2) is 0 Å². The van der Waals surface area contributed by atoms with Crippen molar-refractivity contribution in [1.29, 1.82) is 0 Å². The first kappa shape index (κ1) is 19.6. The molecule has 2 aromatic carbocycles. The van der Waals surface area contributed by atoms with Gasteiger partial charge in [-0.2, -0.15) is 5.10 Å². The van der Waals surface area contributed by atoms with Gasteiger partial charge in [0.2, 0.25) is 5.13 Å². The Bertz CT molecular complexity index is 906. The summed E-state index contributed by atoms with van der Waals surface area (Å²) in [6, 6.07) is 18.0. The maximum absolute atomic E-state index is 5.83. The lowest BCUT2D eigenvalue weighted by Crippen LogP contribution is -2.38. The molecule has 0 spiro atoms. The van der Waals surface area contributed by atoms with Crippen LogP contribution in [-0.2, 0) is 4.74 Å². The molecule has 1 N–H and O–H groups in total. The molecule has 150 valence electrons. The average molecular weight is 409 g/mol. The van der Waals surface area contributed by atoms with Crippen LogP contribution in [0.1, 0.15) is 5.56 Å². The normalized spacial score (nSPS) is 14.9. The van der Waals surface area contributed by atoms with Crippen molar-refractivity contribution in [2.45, 2.75) is 0 Å². The summed E-state index contributed by atoms with van der Waals surface area (Å²) in [4.78, 5) is 6.92. The summed E-state index contributed by atoms with van der Waals surface area (Å²) in [7, 11) is 0. The Morgan fingerprint density at radius 1 is 1.10 bits per heavy atom. The Morgan fingerprint density at radius 2 is 1.90 bits per heavy atom. The van der Waals surface area contributed by atoms with E-state index in [0.29, 0.717) is 6.61 Å². The van der Waals surface area contributed by atoms with Crippen molar-refractivity contribution in [1.82, 2.24) is 9.88 Å². The Morgan fingerprint density at radius 3 is 2.69 bits per heavy atom. The molecule has 1 aliphatic heterocycles. The Labute approximate surface area is 174 Å². The quantitative estimate of drug-likeness (QED) is 0.452. The molecule has 0 amide bonds. The van der Waals surface area contributed by atoms with E-state index in [4.69, 9.17) is 9.47 Å². The van der Waals surface area contributed by atoms with Crippen molar-refractivity contribution in [3.63, 3.8) is 0 Å². The van der Waals surface area contributed by atoms with Gasteiger partial charge < -0.3 is 9.47 Å². The highest BCUT2D eigenvalue weighted by Crippen LogP contribution is 2.24. The van der Waals surface area contributed by atoms with E-state index in [1.165, 1.54) is 11.3 Å². The molecule has 2 heterocycles. The number of hydrogen-bond donors (Lipinski definition) is 1. The van der Waals surface area contributed by atoms with Crippen molar-refractivity contribution in [2.24, 2.45) is 5.10 Å². The van der Waals surface area contributed by atoms with Gasteiger partial charge in [0.05, 0.1) is 25.1 Å². The smallest absolute Gasteiger partial charge is 0.203 e. The third-order valence-electron chi connectivity index (χ3n) is 4.61. The monoisotopic (exact) mass is 408 g/mol. The zero-order valence-corrected chi connectivity index (χ0v) is 17.0. The highest BCUT2D eigenvalue weighted by atomic mass is 32.1. The highest BCUT2D eigenvalue weighted by molar-refractivity contribution is 7.14. The first-order valence-electron chi connectivity index (χ1n) is 9.70. The largest absolute Gasteiger partial charge is 0.492 e. The summed E-state index contributed by atoms with van der Waals surface area (Å²) >= 11 is 1.53. The molecule has 0 unspecified atom stereocenters. The van der Waals surface area contributed by atoms with Gasteiger partial charge in [0, 0.05) is 30.6 Å². The third-order valence-corrected chi connectivity index (χ3v) is 5.35. The van der Waals surface area contributed by atoms with Crippen molar-refractivity contribution >= 4 is 22.7 Å². The van der Waals surface area contributed by atoms with E-state index in [9.17, 15) is 0 Å². The minimum atomic E-state index is 0.683. The maximum atomic E-state index is 5.83. The first-order chi connectivity index (χ1) is 14.4. The number of rotatable bonds is 8. The number of aromatic nitrogens is 1. The number of anilines is 1. The van der Waals surface area contributed by atoms with Gasteiger partial charge in [-0.1, -0.05) is 30.3 Å². The molecule has 29 heavy (non-hydrogen) atoms. The van der Waals surface area contributed by atoms with E-state index in [1.54, 1.807) is 6.21 Å². The topological polar surface area (TPSA) is 59.0 Å². The van der Waals surface area contributed by atoms with Gasteiger partial charge in [-0.15, -0.1) is 11.3 Å². The van der Waals surface area contributed by atoms with Crippen LogP contribution in [0.2, 0.25) is 0 Å². The summed E-state index contributed by atoms with van der Waals surface area (Å²) in [6.45, 7) is 5.21. The number of hydrogen-bond acceptors (Lipinski definition) is 7. The van der Waals surface area contributed by atoms with E-state index in [2.05, 4.69) is 20.4 Å². The molecule has 0 radical (unpaired) electrons. The van der Waals surface area contributed by atoms with Crippen LogP contribution in [0.25, 0.3) is 11.3 Å². The maximum Gasteiger partial charge on any atom is 0.203 e. The summed E-state index contributed by atoms with van der Waals surface area (Å²) in [5, 5.41) is 7.08. The molecular formula is C22H24N4O2S. The molecular weight excluding hydrogens is 384 g/mol. The van der Waals surface area contributed by atoms with Crippen LogP contribution in [0.3, 0.4) is 0 Å². The minimum absolute atomic E-state index is 0.683. The molecule has 3 aromatic rings. The minimum Gasteiger partial charge on any atom is -0.492 e. The summed E-state index contributed by atoms with van der Waals surface area (Å²) in [5.74, 6) is 0.871. The van der Waals surface area contributed by atoms with Crippen LogP contribution in [0.4, 0.5) is 5.13 Å². The van der Waals surface area contributed by atoms with Crippen molar-refractivity contribution in [3.8, 4) is 17.0 Å². The Hall–Kier alpha value is -2.74. The zero-order valence-electron chi connectivity index (χ0n) is 16.2. The van der Waals surface area contributed by atoms with Crippen molar-refractivity contribution in [2.75, 3.05) is 44.9 Å². The molecule has 1 fully saturated rings. The fourth-order valence-corrected chi connectivity index (χ4v) is 3.66. The lowest BCUT2D eigenvalue weighted by atomic mass is 10.2. The number of benzene rings is 2. The van der Waals surface area contributed by atoms with E-state index < -0.39 is 0 Å². The van der Waals surface area contributed by atoms with Crippen LogP contribution in [0, 0.1) is 0 Å². The predicted molar refractivity (Wildman–Crippen MR) is 118 cm³/mol. The van der Waals surface area contributed by atoms with Crippen LogP contribution in [0.5, 0.6) is 5.75 Å².